The minimum Gasteiger partial charge on any atom is -0.376 e. The van der Waals surface area contributed by atoms with Crippen molar-refractivity contribution in [2.75, 3.05) is 6.61 Å². The number of ketones is 1. The van der Waals surface area contributed by atoms with Crippen LogP contribution in [0.3, 0.4) is 0 Å². The Labute approximate surface area is 183 Å². The lowest BCUT2D eigenvalue weighted by molar-refractivity contribution is -0.156. The highest BCUT2D eigenvalue weighted by Crippen LogP contribution is 2.67. The van der Waals surface area contributed by atoms with Crippen molar-refractivity contribution in [1.29, 1.82) is 0 Å². The molecule has 0 amide bonds. The van der Waals surface area contributed by atoms with Crippen molar-refractivity contribution in [3.8, 4) is 0 Å². The average Bonchev–Trinajstić information content (AvgIpc) is 3.07. The molecule has 1 aromatic rings. The zero-order valence-corrected chi connectivity index (χ0v) is 19.2. The molecule has 1 aromatic carbocycles. The molecule has 5 rings (SSSR count). The molecule has 30 heavy (non-hydrogen) atoms. The van der Waals surface area contributed by atoms with Gasteiger partial charge in [0.25, 0.3) is 0 Å². The van der Waals surface area contributed by atoms with Crippen LogP contribution in [0.5, 0.6) is 0 Å². The monoisotopic (exact) mass is 408 g/mol. The van der Waals surface area contributed by atoms with E-state index in [2.05, 4.69) is 51.1 Å². The van der Waals surface area contributed by atoms with Gasteiger partial charge in [0.2, 0.25) is 0 Å². The van der Waals surface area contributed by atoms with E-state index in [1.54, 1.807) is 0 Å². The highest BCUT2D eigenvalue weighted by Gasteiger charge is 2.61. The summed E-state index contributed by atoms with van der Waals surface area (Å²) in [5.74, 6) is 4.47. The Balaban J connectivity index is 1.29. The van der Waals surface area contributed by atoms with E-state index in [0.29, 0.717) is 29.0 Å². The van der Waals surface area contributed by atoms with Crippen LogP contribution in [0.1, 0.15) is 77.7 Å². The van der Waals surface area contributed by atoms with E-state index >= 15 is 0 Å². The summed E-state index contributed by atoms with van der Waals surface area (Å²) in [6.45, 7) is 8.99. The molecule has 0 heterocycles. The highest BCUT2D eigenvalue weighted by molar-refractivity contribution is 5.83. The highest BCUT2D eigenvalue weighted by atomic mass is 16.5. The van der Waals surface area contributed by atoms with Crippen LogP contribution in [0.2, 0.25) is 0 Å². The number of fused-ring (bicyclic) bond motifs is 5. The number of carbonyl (C=O) groups excluding carboxylic acids is 1. The first-order valence-electron chi connectivity index (χ1n) is 12.6. The number of ether oxygens (including phenoxy) is 1. The fourth-order valence-corrected chi connectivity index (χ4v) is 8.51. The summed E-state index contributed by atoms with van der Waals surface area (Å²) in [7, 11) is 0. The predicted octanol–water partition coefficient (Wildman–Crippen LogP) is 6.68. The smallest absolute Gasteiger partial charge is 0.136 e. The number of benzene rings is 1. The van der Waals surface area contributed by atoms with E-state index in [0.717, 1.165) is 43.8 Å². The lowest BCUT2D eigenvalue weighted by atomic mass is 9.44. The maximum Gasteiger partial charge on any atom is 0.136 e. The zero-order valence-electron chi connectivity index (χ0n) is 19.2. The molecular formula is C28H40O2. The zero-order chi connectivity index (χ0) is 20.9. The SMILES string of the molecule is C[C@H]1CC[C@@]2(C)[C@H](C1)C(=O)C[C@@H]1[C@@H]2CC[C@]2(C)[C@@H](COCc3ccccc3)CC[C@@H]12. The molecule has 4 fully saturated rings. The molecule has 0 saturated heterocycles. The number of hydrogen-bond donors (Lipinski definition) is 0. The quantitative estimate of drug-likeness (QED) is 0.555. The average molecular weight is 409 g/mol. The van der Waals surface area contributed by atoms with Crippen LogP contribution in [-0.2, 0) is 16.1 Å². The molecule has 0 bridgehead atoms. The van der Waals surface area contributed by atoms with Crippen molar-refractivity contribution in [1.82, 2.24) is 0 Å². The van der Waals surface area contributed by atoms with Gasteiger partial charge in [-0.15, -0.1) is 0 Å². The molecule has 2 heteroatoms. The Morgan fingerprint density at radius 3 is 2.50 bits per heavy atom. The summed E-state index contributed by atoms with van der Waals surface area (Å²) in [6.07, 6.45) is 9.88. The second-order valence-electron chi connectivity index (χ2n) is 11.8. The van der Waals surface area contributed by atoms with Gasteiger partial charge in [-0.2, -0.15) is 0 Å². The van der Waals surface area contributed by atoms with Gasteiger partial charge >= 0.3 is 0 Å². The largest absolute Gasteiger partial charge is 0.376 e. The summed E-state index contributed by atoms with van der Waals surface area (Å²) in [6, 6.07) is 10.5. The Morgan fingerprint density at radius 2 is 1.70 bits per heavy atom. The number of carbonyl (C=O) groups is 1. The third-order valence-corrected chi connectivity index (χ3v) is 10.3. The van der Waals surface area contributed by atoms with Crippen LogP contribution in [0.4, 0.5) is 0 Å². The molecule has 0 aliphatic heterocycles. The van der Waals surface area contributed by atoms with E-state index in [9.17, 15) is 4.79 Å². The second-order valence-corrected chi connectivity index (χ2v) is 11.8. The molecule has 4 saturated carbocycles. The Hall–Kier alpha value is -1.15. The van der Waals surface area contributed by atoms with Gasteiger partial charge in [0.15, 0.2) is 0 Å². The minimum atomic E-state index is 0.274. The van der Waals surface area contributed by atoms with E-state index in [-0.39, 0.29) is 5.41 Å². The Kier molecular flexibility index (Phi) is 5.37. The lowest BCUT2D eigenvalue weighted by Gasteiger charge is -2.60. The molecular weight excluding hydrogens is 368 g/mol. The fourth-order valence-electron chi connectivity index (χ4n) is 8.51. The van der Waals surface area contributed by atoms with Gasteiger partial charge in [-0.3, -0.25) is 4.79 Å². The third kappa shape index (κ3) is 3.29. The summed E-state index contributed by atoms with van der Waals surface area (Å²) < 4.78 is 6.23. The molecule has 8 atom stereocenters. The van der Waals surface area contributed by atoms with Crippen LogP contribution in [0.25, 0.3) is 0 Å². The Morgan fingerprint density at radius 1 is 0.967 bits per heavy atom. The first kappa shape index (κ1) is 20.7. The standard InChI is InChI=1S/C28H40O2/c1-19-11-13-28(3)24-12-14-27(2)21(18-30-17-20-7-5-4-6-8-20)9-10-23(27)22(24)16-26(29)25(28)15-19/h4-8,19,21-25H,9-18H2,1-3H3/t19-,21+,22-,23-,24-,25+,27+,28+/m0/s1. The van der Waals surface area contributed by atoms with E-state index in [1.165, 1.54) is 44.1 Å². The van der Waals surface area contributed by atoms with Crippen LogP contribution >= 0.6 is 0 Å². The van der Waals surface area contributed by atoms with Crippen LogP contribution in [0, 0.1) is 46.3 Å². The normalized spacial score (nSPS) is 45.5. The number of rotatable bonds is 4. The molecule has 0 aromatic heterocycles. The molecule has 4 aliphatic rings. The molecule has 0 spiro atoms. The van der Waals surface area contributed by atoms with E-state index < -0.39 is 0 Å². The molecule has 0 radical (unpaired) electrons. The topological polar surface area (TPSA) is 26.3 Å². The third-order valence-electron chi connectivity index (χ3n) is 10.3. The number of Topliss-reactive ketones (excluding diaryl/α,β-unsaturated/α-hetero) is 1. The lowest BCUT2D eigenvalue weighted by Crippen LogP contribution is -2.56. The van der Waals surface area contributed by atoms with Gasteiger partial charge in [0.1, 0.15) is 5.78 Å². The van der Waals surface area contributed by atoms with Crippen LogP contribution < -0.4 is 0 Å². The van der Waals surface area contributed by atoms with Crippen molar-refractivity contribution in [2.45, 2.75) is 78.7 Å². The molecule has 0 unspecified atom stereocenters. The molecule has 0 N–H and O–H groups in total. The van der Waals surface area contributed by atoms with Crippen molar-refractivity contribution in [3.63, 3.8) is 0 Å². The van der Waals surface area contributed by atoms with Gasteiger partial charge in [0, 0.05) is 12.3 Å². The van der Waals surface area contributed by atoms with Gasteiger partial charge in [0.05, 0.1) is 13.2 Å². The summed E-state index contributed by atoms with van der Waals surface area (Å²) in [4.78, 5) is 13.3. The fraction of sp³-hybridized carbons (Fsp3) is 0.750. The van der Waals surface area contributed by atoms with E-state index in [1.807, 2.05) is 0 Å². The second kappa shape index (κ2) is 7.76. The van der Waals surface area contributed by atoms with Crippen LogP contribution in [-0.4, -0.2) is 12.4 Å². The summed E-state index contributed by atoms with van der Waals surface area (Å²) in [5, 5.41) is 0. The molecule has 164 valence electrons. The molecule has 4 aliphatic carbocycles. The minimum absolute atomic E-state index is 0.274. The summed E-state index contributed by atoms with van der Waals surface area (Å²) in [5.41, 5.74) is 1.91. The molecule has 2 nitrogen and oxygen atoms in total. The maximum absolute atomic E-state index is 13.3. The van der Waals surface area contributed by atoms with Crippen LogP contribution in [0.15, 0.2) is 30.3 Å². The van der Waals surface area contributed by atoms with Crippen molar-refractivity contribution in [3.05, 3.63) is 35.9 Å². The van der Waals surface area contributed by atoms with Gasteiger partial charge in [-0.25, -0.2) is 0 Å². The van der Waals surface area contributed by atoms with Crippen molar-refractivity contribution >= 4 is 5.78 Å². The van der Waals surface area contributed by atoms with E-state index in [4.69, 9.17) is 4.74 Å². The number of hydrogen-bond acceptors (Lipinski definition) is 2. The maximum atomic E-state index is 13.3. The van der Waals surface area contributed by atoms with Gasteiger partial charge in [-0.05, 0) is 84.5 Å². The predicted molar refractivity (Wildman–Crippen MR) is 121 cm³/mol. The van der Waals surface area contributed by atoms with Gasteiger partial charge < -0.3 is 4.74 Å². The first-order chi connectivity index (χ1) is 14.4. The first-order valence-corrected chi connectivity index (χ1v) is 12.6. The van der Waals surface area contributed by atoms with Gasteiger partial charge in [-0.1, -0.05) is 57.5 Å². The van der Waals surface area contributed by atoms with Crippen molar-refractivity contribution in [2.24, 2.45) is 46.3 Å². The van der Waals surface area contributed by atoms with Crippen molar-refractivity contribution < 1.29 is 9.53 Å². The summed E-state index contributed by atoms with van der Waals surface area (Å²) >= 11 is 0. The Bertz CT molecular complexity index is 772.